The van der Waals surface area contributed by atoms with Crippen molar-refractivity contribution < 1.29 is 14.7 Å². The van der Waals surface area contributed by atoms with Crippen LogP contribution >= 0.6 is 0 Å². The van der Waals surface area contributed by atoms with Crippen LogP contribution in [0, 0.1) is 5.92 Å². The monoisotopic (exact) mass is 294 g/mol. The number of aromatic carboxylic acids is 1. The summed E-state index contributed by atoms with van der Waals surface area (Å²) in [6.45, 7) is 5.17. The summed E-state index contributed by atoms with van der Waals surface area (Å²) in [5.41, 5.74) is -0.139. The topological polar surface area (TPSA) is 88.3 Å². The Bertz CT molecular complexity index is 514. The number of carbonyl (C=O) groups is 2. The molecule has 1 aromatic heterocycles. The van der Waals surface area contributed by atoms with Gasteiger partial charge in [0.2, 0.25) is 5.91 Å². The molecule has 21 heavy (non-hydrogen) atoms. The Hall–Kier alpha value is -1.92. The molecule has 2 heterocycles. The molecule has 2 rings (SSSR count). The Labute approximate surface area is 123 Å². The van der Waals surface area contributed by atoms with Crippen molar-refractivity contribution in [2.45, 2.75) is 52.1 Å². The average molecular weight is 294 g/mol. The standard InChI is InChI=1S/C14H22N4O3/c1-3-5-10(2)12-6-4-7-18(12)13(19)9-17-8-11(14(20)21)15-16-17/h8,10,12H,3-7,9H2,1-2H3,(H,20,21). The molecular weight excluding hydrogens is 272 g/mol. The number of likely N-dealkylation sites (tertiary alicyclic amines) is 1. The second-order valence-electron chi connectivity index (χ2n) is 5.67. The van der Waals surface area contributed by atoms with Gasteiger partial charge in [0.1, 0.15) is 6.54 Å². The van der Waals surface area contributed by atoms with Crippen molar-refractivity contribution in [3.8, 4) is 0 Å². The van der Waals surface area contributed by atoms with Gasteiger partial charge in [-0.3, -0.25) is 4.79 Å². The number of nitrogens with zero attached hydrogens (tertiary/aromatic N) is 4. The first-order chi connectivity index (χ1) is 10.0. The predicted octanol–water partition coefficient (Wildman–Crippen LogP) is 1.40. The number of carboxylic acid groups (broad SMARTS) is 1. The average Bonchev–Trinajstić information content (AvgIpc) is 3.07. The molecule has 0 aromatic carbocycles. The Balaban J connectivity index is 1.99. The largest absolute Gasteiger partial charge is 0.476 e. The highest BCUT2D eigenvalue weighted by Gasteiger charge is 2.32. The van der Waals surface area contributed by atoms with Crippen LogP contribution in [0.1, 0.15) is 50.0 Å². The van der Waals surface area contributed by atoms with Gasteiger partial charge >= 0.3 is 5.97 Å². The van der Waals surface area contributed by atoms with E-state index in [-0.39, 0.29) is 18.1 Å². The number of carboxylic acids is 1. The van der Waals surface area contributed by atoms with E-state index in [4.69, 9.17) is 5.11 Å². The summed E-state index contributed by atoms with van der Waals surface area (Å²) in [4.78, 5) is 25.1. The van der Waals surface area contributed by atoms with Gasteiger partial charge in [0.15, 0.2) is 5.69 Å². The van der Waals surface area contributed by atoms with E-state index in [1.54, 1.807) is 0 Å². The third-order valence-corrected chi connectivity index (χ3v) is 4.08. The Morgan fingerprint density at radius 1 is 1.52 bits per heavy atom. The number of hydrogen-bond donors (Lipinski definition) is 1. The second kappa shape index (κ2) is 6.69. The molecule has 0 bridgehead atoms. The van der Waals surface area contributed by atoms with Gasteiger partial charge in [0, 0.05) is 12.6 Å². The summed E-state index contributed by atoms with van der Waals surface area (Å²) in [6.07, 6.45) is 5.60. The first-order valence-electron chi connectivity index (χ1n) is 7.45. The second-order valence-corrected chi connectivity index (χ2v) is 5.67. The van der Waals surface area contributed by atoms with Crippen LogP contribution in [0.15, 0.2) is 6.20 Å². The molecular formula is C14H22N4O3. The molecule has 1 fully saturated rings. The zero-order chi connectivity index (χ0) is 15.4. The van der Waals surface area contributed by atoms with E-state index in [0.717, 1.165) is 32.2 Å². The lowest BCUT2D eigenvalue weighted by Crippen LogP contribution is -2.41. The van der Waals surface area contributed by atoms with Gasteiger partial charge in [-0.05, 0) is 25.2 Å². The summed E-state index contributed by atoms with van der Waals surface area (Å²) in [5, 5.41) is 16.0. The van der Waals surface area contributed by atoms with Crippen LogP contribution in [0.3, 0.4) is 0 Å². The third-order valence-electron chi connectivity index (χ3n) is 4.08. The van der Waals surface area contributed by atoms with Crippen molar-refractivity contribution in [2.24, 2.45) is 5.92 Å². The first-order valence-corrected chi connectivity index (χ1v) is 7.45. The molecule has 116 valence electrons. The van der Waals surface area contributed by atoms with Crippen molar-refractivity contribution >= 4 is 11.9 Å². The van der Waals surface area contributed by atoms with Crippen LogP contribution in [-0.4, -0.2) is 49.5 Å². The SMILES string of the molecule is CCCC(C)C1CCCN1C(=O)Cn1cc(C(=O)O)nn1. The lowest BCUT2D eigenvalue weighted by atomic mass is 9.95. The van der Waals surface area contributed by atoms with Crippen LogP contribution in [0.25, 0.3) is 0 Å². The number of amides is 1. The van der Waals surface area contributed by atoms with Crippen LogP contribution < -0.4 is 0 Å². The van der Waals surface area contributed by atoms with E-state index in [1.165, 1.54) is 10.9 Å². The van der Waals surface area contributed by atoms with Gasteiger partial charge in [0.05, 0.1) is 6.20 Å². The van der Waals surface area contributed by atoms with E-state index in [9.17, 15) is 9.59 Å². The van der Waals surface area contributed by atoms with Crippen molar-refractivity contribution in [1.82, 2.24) is 19.9 Å². The van der Waals surface area contributed by atoms with Gasteiger partial charge in [-0.2, -0.15) is 0 Å². The molecule has 0 spiro atoms. The van der Waals surface area contributed by atoms with E-state index in [1.807, 2.05) is 4.90 Å². The Kier molecular flexibility index (Phi) is 4.93. The van der Waals surface area contributed by atoms with Gasteiger partial charge in [-0.25, -0.2) is 9.48 Å². The molecule has 1 aromatic rings. The fourth-order valence-electron chi connectivity index (χ4n) is 3.04. The van der Waals surface area contributed by atoms with Crippen molar-refractivity contribution in [3.63, 3.8) is 0 Å². The fraction of sp³-hybridized carbons (Fsp3) is 0.714. The molecule has 7 nitrogen and oxygen atoms in total. The molecule has 2 atom stereocenters. The molecule has 1 amide bonds. The van der Waals surface area contributed by atoms with Crippen molar-refractivity contribution in [1.29, 1.82) is 0 Å². The molecule has 7 heteroatoms. The smallest absolute Gasteiger partial charge is 0.358 e. The van der Waals surface area contributed by atoms with Crippen molar-refractivity contribution in [2.75, 3.05) is 6.54 Å². The molecule has 1 saturated heterocycles. The van der Waals surface area contributed by atoms with Gasteiger partial charge < -0.3 is 10.0 Å². The molecule has 1 aliphatic rings. The minimum atomic E-state index is -1.13. The molecule has 1 aliphatic heterocycles. The van der Waals surface area contributed by atoms with Gasteiger partial charge in [-0.1, -0.05) is 25.5 Å². The zero-order valence-corrected chi connectivity index (χ0v) is 12.5. The minimum absolute atomic E-state index is 0.0118. The van der Waals surface area contributed by atoms with Crippen molar-refractivity contribution in [3.05, 3.63) is 11.9 Å². The predicted molar refractivity (Wildman–Crippen MR) is 75.8 cm³/mol. The highest BCUT2D eigenvalue weighted by Crippen LogP contribution is 2.27. The minimum Gasteiger partial charge on any atom is -0.476 e. The summed E-state index contributed by atoms with van der Waals surface area (Å²) < 4.78 is 1.30. The maximum Gasteiger partial charge on any atom is 0.358 e. The van der Waals surface area contributed by atoms with Crippen LogP contribution in [0.4, 0.5) is 0 Å². The normalized spacial score (nSPS) is 19.7. The highest BCUT2D eigenvalue weighted by atomic mass is 16.4. The first kappa shape index (κ1) is 15.5. The Morgan fingerprint density at radius 3 is 2.90 bits per heavy atom. The maximum absolute atomic E-state index is 12.4. The fourth-order valence-corrected chi connectivity index (χ4v) is 3.04. The van der Waals surface area contributed by atoms with Gasteiger partial charge in [-0.15, -0.1) is 5.10 Å². The molecule has 0 saturated carbocycles. The quantitative estimate of drug-likeness (QED) is 0.856. The lowest BCUT2D eigenvalue weighted by molar-refractivity contribution is -0.133. The summed E-state index contributed by atoms with van der Waals surface area (Å²) >= 11 is 0. The zero-order valence-electron chi connectivity index (χ0n) is 12.5. The number of rotatable bonds is 6. The van der Waals surface area contributed by atoms with E-state index in [0.29, 0.717) is 12.0 Å². The van der Waals surface area contributed by atoms with Crippen LogP contribution in [0.5, 0.6) is 0 Å². The number of carbonyl (C=O) groups excluding carboxylic acids is 1. The number of aromatic nitrogens is 3. The molecule has 0 radical (unpaired) electrons. The third kappa shape index (κ3) is 3.59. The lowest BCUT2D eigenvalue weighted by Gasteiger charge is -2.29. The molecule has 0 aliphatic carbocycles. The molecule has 1 N–H and O–H groups in total. The molecule has 2 unspecified atom stereocenters. The van der Waals surface area contributed by atoms with Crippen LogP contribution in [-0.2, 0) is 11.3 Å². The summed E-state index contributed by atoms with van der Waals surface area (Å²) in [5.74, 6) is -0.654. The Morgan fingerprint density at radius 2 is 2.29 bits per heavy atom. The summed E-state index contributed by atoms with van der Waals surface area (Å²) in [7, 11) is 0. The van der Waals surface area contributed by atoms with E-state index in [2.05, 4.69) is 24.2 Å². The highest BCUT2D eigenvalue weighted by molar-refractivity contribution is 5.84. The van der Waals surface area contributed by atoms with E-state index >= 15 is 0 Å². The number of hydrogen-bond acceptors (Lipinski definition) is 4. The summed E-state index contributed by atoms with van der Waals surface area (Å²) in [6, 6.07) is 0.292. The van der Waals surface area contributed by atoms with Crippen LogP contribution in [0.2, 0.25) is 0 Å². The van der Waals surface area contributed by atoms with E-state index < -0.39 is 5.97 Å². The van der Waals surface area contributed by atoms with Gasteiger partial charge in [0.25, 0.3) is 0 Å². The maximum atomic E-state index is 12.4.